The highest BCUT2D eigenvalue weighted by atomic mass is 79.9. The van der Waals surface area contributed by atoms with Gasteiger partial charge in [-0.2, -0.15) is 0 Å². The number of rotatable bonds is 3. The van der Waals surface area contributed by atoms with Gasteiger partial charge in [0.05, 0.1) is 5.69 Å². The lowest BCUT2D eigenvalue weighted by atomic mass is 10.0. The maximum atomic E-state index is 4.36. The van der Waals surface area contributed by atoms with Crippen molar-refractivity contribution >= 4 is 53.9 Å². The number of nitrogens with zero attached hydrogens (tertiary/aromatic N) is 1. The average Bonchev–Trinajstić information content (AvgIpc) is 2.16. The Bertz CT molecular complexity index is 372. The monoisotopic (exact) mass is 395 g/mol. The van der Waals surface area contributed by atoms with Crippen LogP contribution >= 0.6 is 47.8 Å². The summed E-state index contributed by atoms with van der Waals surface area (Å²) >= 11 is 10.4. The van der Waals surface area contributed by atoms with E-state index in [2.05, 4.69) is 72.7 Å². The number of allylic oxidation sites excluding steroid dienone is 1. The minimum absolute atomic E-state index is 0.529. The van der Waals surface area contributed by atoms with Crippen molar-refractivity contribution in [1.29, 1.82) is 0 Å². The molecule has 0 saturated heterocycles. The van der Waals surface area contributed by atoms with Crippen molar-refractivity contribution < 1.29 is 0 Å². The van der Waals surface area contributed by atoms with Crippen LogP contribution in [0.25, 0.3) is 6.08 Å². The first kappa shape index (κ1) is 13.4. The Hall–Kier alpha value is 0.330. The maximum absolute atomic E-state index is 4.36. The summed E-state index contributed by atoms with van der Waals surface area (Å²) in [5, 5.41) is 0.884. The van der Waals surface area contributed by atoms with E-state index in [0.29, 0.717) is 5.92 Å². The Morgan fingerprint density at radius 2 is 2.13 bits per heavy atom. The molecular formula is C11H12Br3N. The van der Waals surface area contributed by atoms with E-state index >= 15 is 0 Å². The van der Waals surface area contributed by atoms with Gasteiger partial charge < -0.3 is 0 Å². The summed E-state index contributed by atoms with van der Waals surface area (Å²) in [5.41, 5.74) is 2.31. The molecule has 1 nitrogen and oxygen atoms in total. The summed E-state index contributed by atoms with van der Waals surface area (Å²) < 4.78 is 1.99. The van der Waals surface area contributed by atoms with Gasteiger partial charge in [0.25, 0.3) is 0 Å². The minimum atomic E-state index is 0.529. The number of alkyl halides is 1. The summed E-state index contributed by atoms with van der Waals surface area (Å²) in [6.45, 7) is 4.36. The zero-order valence-electron chi connectivity index (χ0n) is 8.60. The largest absolute Gasteiger partial charge is 0.255 e. The van der Waals surface area contributed by atoms with Crippen molar-refractivity contribution in [2.24, 2.45) is 5.92 Å². The highest BCUT2D eigenvalue weighted by Gasteiger charge is 2.05. The fourth-order valence-corrected chi connectivity index (χ4v) is 2.98. The van der Waals surface area contributed by atoms with E-state index in [4.69, 9.17) is 0 Å². The molecule has 82 valence electrons. The standard InChI is InChI=1S/C11H12Br3N/c1-7(2)8(5-12)3-11-10(14)4-9(13)6-15-11/h3-4,6-7H,5H2,1-2H3. The average molecular weight is 398 g/mol. The van der Waals surface area contributed by atoms with E-state index in [1.165, 1.54) is 5.57 Å². The second kappa shape index (κ2) is 6.16. The first-order valence-corrected chi connectivity index (χ1v) is 7.32. The summed E-state index contributed by atoms with van der Waals surface area (Å²) in [5.74, 6) is 0.529. The van der Waals surface area contributed by atoms with E-state index in [-0.39, 0.29) is 0 Å². The van der Waals surface area contributed by atoms with Gasteiger partial charge in [0.2, 0.25) is 0 Å². The smallest absolute Gasteiger partial charge is 0.0772 e. The molecule has 0 fully saturated rings. The van der Waals surface area contributed by atoms with Gasteiger partial charge in [-0.25, -0.2) is 0 Å². The molecule has 0 aromatic carbocycles. The molecule has 4 heteroatoms. The van der Waals surface area contributed by atoms with Gasteiger partial charge in [0.15, 0.2) is 0 Å². The van der Waals surface area contributed by atoms with Crippen LogP contribution in [-0.2, 0) is 0 Å². The van der Waals surface area contributed by atoms with Crippen LogP contribution in [0.1, 0.15) is 19.5 Å². The van der Waals surface area contributed by atoms with Crippen molar-refractivity contribution in [3.63, 3.8) is 0 Å². The second-order valence-corrected chi connectivity index (χ2v) is 5.86. The Kier molecular flexibility index (Phi) is 5.50. The molecule has 0 amide bonds. The minimum Gasteiger partial charge on any atom is -0.255 e. The van der Waals surface area contributed by atoms with E-state index in [9.17, 15) is 0 Å². The topological polar surface area (TPSA) is 12.9 Å². The summed E-state index contributed by atoms with van der Waals surface area (Å²) in [6, 6.07) is 2.00. The van der Waals surface area contributed by atoms with Crippen molar-refractivity contribution in [2.45, 2.75) is 13.8 Å². The molecule has 0 aliphatic heterocycles. The second-order valence-electron chi connectivity index (χ2n) is 3.53. The van der Waals surface area contributed by atoms with Crippen LogP contribution < -0.4 is 0 Å². The lowest BCUT2D eigenvalue weighted by Crippen LogP contribution is -1.96. The molecule has 1 aromatic rings. The lowest BCUT2D eigenvalue weighted by Gasteiger charge is -2.08. The fraction of sp³-hybridized carbons (Fsp3) is 0.364. The van der Waals surface area contributed by atoms with Crippen LogP contribution in [0, 0.1) is 5.92 Å². The molecule has 0 aliphatic rings. The predicted molar refractivity (Wildman–Crippen MR) is 76.2 cm³/mol. The van der Waals surface area contributed by atoms with Crippen LogP contribution in [-0.4, -0.2) is 10.3 Å². The maximum Gasteiger partial charge on any atom is 0.0772 e. The normalized spacial score (nSPS) is 12.3. The van der Waals surface area contributed by atoms with Crippen LogP contribution in [0.5, 0.6) is 0 Å². The summed E-state index contributed by atoms with van der Waals surface area (Å²) in [6.07, 6.45) is 3.93. The number of hydrogen-bond donors (Lipinski definition) is 0. The van der Waals surface area contributed by atoms with E-state index in [0.717, 1.165) is 20.0 Å². The van der Waals surface area contributed by atoms with Crippen LogP contribution in [0.2, 0.25) is 0 Å². The molecule has 0 radical (unpaired) electrons. The van der Waals surface area contributed by atoms with Crippen molar-refractivity contribution in [2.75, 3.05) is 5.33 Å². The van der Waals surface area contributed by atoms with Crippen LogP contribution in [0.4, 0.5) is 0 Å². The summed E-state index contributed by atoms with van der Waals surface area (Å²) in [4.78, 5) is 4.36. The molecule has 15 heavy (non-hydrogen) atoms. The molecule has 0 spiro atoms. The number of hydrogen-bond acceptors (Lipinski definition) is 1. The molecule has 0 saturated carbocycles. The zero-order chi connectivity index (χ0) is 11.4. The van der Waals surface area contributed by atoms with Crippen molar-refractivity contribution in [1.82, 2.24) is 4.98 Å². The third kappa shape index (κ3) is 4.00. The third-order valence-corrected chi connectivity index (χ3v) is 3.77. The summed E-state index contributed by atoms with van der Waals surface area (Å²) in [7, 11) is 0. The number of pyridine rings is 1. The first-order chi connectivity index (χ1) is 7.04. The van der Waals surface area contributed by atoms with Gasteiger partial charge in [0, 0.05) is 20.5 Å². The molecule has 1 rings (SSSR count). The quantitative estimate of drug-likeness (QED) is 0.651. The Morgan fingerprint density at radius 1 is 1.47 bits per heavy atom. The van der Waals surface area contributed by atoms with E-state index in [1.54, 1.807) is 0 Å². The van der Waals surface area contributed by atoms with Gasteiger partial charge in [0.1, 0.15) is 0 Å². The molecule has 0 aliphatic carbocycles. The van der Waals surface area contributed by atoms with Crippen molar-refractivity contribution in [3.05, 3.63) is 32.5 Å². The Morgan fingerprint density at radius 3 is 2.60 bits per heavy atom. The molecule has 0 bridgehead atoms. The molecular weight excluding hydrogens is 386 g/mol. The Labute approximate surface area is 116 Å². The molecule has 1 heterocycles. The molecule has 0 atom stereocenters. The predicted octanol–water partition coefficient (Wildman–Crippen LogP) is 5.04. The van der Waals surface area contributed by atoms with Crippen LogP contribution in [0.3, 0.4) is 0 Å². The number of aromatic nitrogens is 1. The lowest BCUT2D eigenvalue weighted by molar-refractivity contribution is 0.780. The molecule has 0 unspecified atom stereocenters. The Balaban J connectivity index is 3.06. The molecule has 0 N–H and O–H groups in total. The van der Waals surface area contributed by atoms with Crippen molar-refractivity contribution in [3.8, 4) is 0 Å². The zero-order valence-corrected chi connectivity index (χ0v) is 13.4. The number of halogens is 3. The van der Waals surface area contributed by atoms with Gasteiger partial charge in [-0.15, -0.1) is 0 Å². The SMILES string of the molecule is CC(C)C(=Cc1ncc(Br)cc1Br)CBr. The van der Waals surface area contributed by atoms with E-state index in [1.807, 2.05) is 12.3 Å². The highest BCUT2D eigenvalue weighted by Crippen LogP contribution is 2.23. The van der Waals surface area contributed by atoms with Gasteiger partial charge in [-0.05, 0) is 49.9 Å². The van der Waals surface area contributed by atoms with Gasteiger partial charge in [-0.3, -0.25) is 4.98 Å². The first-order valence-electron chi connectivity index (χ1n) is 4.62. The highest BCUT2D eigenvalue weighted by molar-refractivity contribution is 9.11. The van der Waals surface area contributed by atoms with Gasteiger partial charge >= 0.3 is 0 Å². The van der Waals surface area contributed by atoms with Gasteiger partial charge in [-0.1, -0.05) is 35.4 Å². The fourth-order valence-electron chi connectivity index (χ4n) is 1.07. The molecule has 1 aromatic heterocycles. The third-order valence-electron chi connectivity index (χ3n) is 2.05. The van der Waals surface area contributed by atoms with E-state index < -0.39 is 0 Å². The van der Waals surface area contributed by atoms with Crippen LogP contribution in [0.15, 0.2) is 26.8 Å².